The minimum atomic E-state index is 0.477. The highest BCUT2D eigenvalue weighted by atomic mass is 16.6. The maximum absolute atomic E-state index is 5.63. The largest absolute Gasteiger partial charge is 0.499 e. The first kappa shape index (κ1) is 36.0. The van der Waals surface area contributed by atoms with E-state index in [1.807, 2.05) is 12.1 Å². The van der Waals surface area contributed by atoms with Crippen molar-refractivity contribution in [2.24, 2.45) is 0 Å². The van der Waals surface area contributed by atoms with Crippen LogP contribution in [0.2, 0.25) is 0 Å². The topological polar surface area (TPSA) is 128 Å². The van der Waals surface area contributed by atoms with Gasteiger partial charge in [-0.15, -0.1) is 0 Å². The smallest absolute Gasteiger partial charge is 0.119 e. The van der Waals surface area contributed by atoms with Crippen LogP contribution in [0.15, 0.2) is 37.1 Å². The average Bonchev–Trinajstić information content (AvgIpc) is 2.97. The lowest BCUT2D eigenvalue weighted by Crippen LogP contribution is -2.15. The Kier molecular flexibility index (Phi) is 27.0. The number of nitrogens with two attached hydrogens (primary N) is 1. The van der Waals surface area contributed by atoms with Gasteiger partial charge in [-0.05, 0) is 24.3 Å². The molecule has 12 nitrogen and oxygen atoms in total. The Balaban J connectivity index is 1.63. The van der Waals surface area contributed by atoms with Crippen molar-refractivity contribution in [3.8, 4) is 5.75 Å². The first-order valence-electron chi connectivity index (χ1n) is 13.7. The van der Waals surface area contributed by atoms with Crippen LogP contribution in [0.3, 0.4) is 0 Å². The van der Waals surface area contributed by atoms with Gasteiger partial charge in [0.15, 0.2) is 0 Å². The van der Waals surface area contributed by atoms with Gasteiger partial charge in [-0.1, -0.05) is 6.58 Å². The number of nitrogen functional groups attached to an aromatic ring is 1. The quantitative estimate of drug-likeness (QED) is 0.0766. The molecule has 1 rings (SSSR count). The Bertz CT molecular complexity index is 652. The van der Waals surface area contributed by atoms with Crippen molar-refractivity contribution in [3.63, 3.8) is 0 Å². The number of ether oxygens (including phenoxy) is 11. The lowest BCUT2D eigenvalue weighted by atomic mass is 10.3. The molecule has 0 heterocycles. The minimum absolute atomic E-state index is 0.477. The van der Waals surface area contributed by atoms with Crippen molar-refractivity contribution >= 4 is 5.69 Å². The molecule has 1 aromatic rings. The van der Waals surface area contributed by atoms with Crippen molar-refractivity contribution in [1.29, 1.82) is 0 Å². The minimum Gasteiger partial charge on any atom is -0.499 e. The summed E-state index contributed by atoms with van der Waals surface area (Å²) in [7, 11) is 0. The standard InChI is InChI=1S/C28H49NO11/c1-2-30-7-8-31-9-10-32-11-12-33-13-14-34-15-16-35-17-18-36-19-20-37-21-22-38-23-24-39-25-26-40-28-5-3-27(29)4-6-28/h2-6H,1,7-26,29H2. The number of benzene rings is 1. The lowest BCUT2D eigenvalue weighted by molar-refractivity contribution is -0.0259. The molecule has 0 amide bonds. The molecule has 1 aromatic carbocycles. The summed E-state index contributed by atoms with van der Waals surface area (Å²) in [5, 5.41) is 0. The van der Waals surface area contributed by atoms with Crippen LogP contribution < -0.4 is 10.5 Å². The zero-order valence-corrected chi connectivity index (χ0v) is 23.8. The van der Waals surface area contributed by atoms with Gasteiger partial charge < -0.3 is 57.8 Å². The molecule has 0 atom stereocenters. The van der Waals surface area contributed by atoms with E-state index < -0.39 is 0 Å². The Hall–Kier alpha value is -2.00. The van der Waals surface area contributed by atoms with E-state index in [1.165, 1.54) is 6.26 Å². The highest BCUT2D eigenvalue weighted by molar-refractivity contribution is 5.41. The van der Waals surface area contributed by atoms with Crippen LogP contribution in [-0.2, 0) is 47.4 Å². The fraction of sp³-hybridized carbons (Fsp3) is 0.714. The molecule has 2 N–H and O–H groups in total. The third-order valence-electron chi connectivity index (χ3n) is 4.82. The van der Waals surface area contributed by atoms with Gasteiger partial charge in [-0.3, -0.25) is 0 Å². The lowest BCUT2D eigenvalue weighted by Gasteiger charge is -2.09. The van der Waals surface area contributed by atoms with Crippen molar-refractivity contribution in [2.75, 3.05) is 138 Å². The first-order valence-corrected chi connectivity index (χ1v) is 13.7. The van der Waals surface area contributed by atoms with E-state index in [1.54, 1.807) is 12.1 Å². The molecule has 0 saturated heterocycles. The molecule has 0 aliphatic carbocycles. The summed E-state index contributed by atoms with van der Waals surface area (Å²) in [4.78, 5) is 0. The second kappa shape index (κ2) is 30.0. The fourth-order valence-corrected chi connectivity index (χ4v) is 2.83. The van der Waals surface area contributed by atoms with E-state index in [0.717, 1.165) is 5.75 Å². The predicted molar refractivity (Wildman–Crippen MR) is 150 cm³/mol. The summed E-state index contributed by atoms with van der Waals surface area (Å²) in [5.74, 6) is 0.773. The number of rotatable bonds is 32. The molecule has 40 heavy (non-hydrogen) atoms. The van der Waals surface area contributed by atoms with Gasteiger partial charge in [0.25, 0.3) is 0 Å². The van der Waals surface area contributed by atoms with Crippen LogP contribution in [0, 0.1) is 0 Å². The van der Waals surface area contributed by atoms with Gasteiger partial charge in [0.2, 0.25) is 0 Å². The summed E-state index contributed by atoms with van der Waals surface area (Å²) >= 11 is 0. The van der Waals surface area contributed by atoms with Gasteiger partial charge in [0.1, 0.15) is 19.0 Å². The summed E-state index contributed by atoms with van der Waals surface area (Å²) in [6, 6.07) is 7.26. The Morgan fingerprint density at radius 2 is 0.700 bits per heavy atom. The van der Waals surface area contributed by atoms with Crippen LogP contribution >= 0.6 is 0 Å². The molecule has 0 aliphatic heterocycles. The van der Waals surface area contributed by atoms with E-state index in [0.29, 0.717) is 138 Å². The van der Waals surface area contributed by atoms with Crippen molar-refractivity contribution in [3.05, 3.63) is 37.1 Å². The molecule has 0 aliphatic rings. The zero-order valence-electron chi connectivity index (χ0n) is 23.8. The summed E-state index contributed by atoms with van der Waals surface area (Å²) in [6.07, 6.45) is 1.40. The molecule has 0 bridgehead atoms. The maximum Gasteiger partial charge on any atom is 0.119 e. The highest BCUT2D eigenvalue weighted by Crippen LogP contribution is 2.12. The van der Waals surface area contributed by atoms with Gasteiger partial charge in [-0.25, -0.2) is 0 Å². The van der Waals surface area contributed by atoms with Gasteiger partial charge in [0, 0.05) is 5.69 Å². The first-order chi connectivity index (χ1) is 19.8. The SMILES string of the molecule is C=COCCOCCOCCOCCOCCOCCOCCOCCOCCOCCOc1ccc(N)cc1. The molecule has 12 heteroatoms. The number of anilines is 1. The van der Waals surface area contributed by atoms with E-state index >= 15 is 0 Å². The van der Waals surface area contributed by atoms with E-state index in [9.17, 15) is 0 Å². The summed E-state index contributed by atoms with van der Waals surface area (Å²) < 4.78 is 59.4. The summed E-state index contributed by atoms with van der Waals surface area (Å²) in [5.41, 5.74) is 6.34. The van der Waals surface area contributed by atoms with Gasteiger partial charge in [0.05, 0.1) is 125 Å². The molecule has 0 aromatic heterocycles. The molecule has 232 valence electrons. The van der Waals surface area contributed by atoms with Gasteiger partial charge in [-0.2, -0.15) is 0 Å². The average molecular weight is 576 g/mol. The normalized spacial score (nSPS) is 11.1. The van der Waals surface area contributed by atoms with Gasteiger partial charge >= 0.3 is 0 Å². The number of hydrogen-bond acceptors (Lipinski definition) is 12. The van der Waals surface area contributed by atoms with Crippen LogP contribution in [-0.4, -0.2) is 132 Å². The monoisotopic (exact) mass is 575 g/mol. The van der Waals surface area contributed by atoms with E-state index in [4.69, 9.17) is 57.8 Å². The molecule has 0 unspecified atom stereocenters. The fourth-order valence-electron chi connectivity index (χ4n) is 2.83. The third kappa shape index (κ3) is 26.2. The van der Waals surface area contributed by atoms with Crippen LogP contribution in [0.25, 0.3) is 0 Å². The Morgan fingerprint density at radius 3 is 1.00 bits per heavy atom. The molecular weight excluding hydrogens is 526 g/mol. The van der Waals surface area contributed by atoms with E-state index in [-0.39, 0.29) is 0 Å². The van der Waals surface area contributed by atoms with Crippen molar-refractivity contribution < 1.29 is 52.1 Å². The molecule has 0 radical (unpaired) electrons. The summed E-state index contributed by atoms with van der Waals surface area (Å²) in [6.45, 7) is 13.7. The second-order valence-corrected chi connectivity index (χ2v) is 7.97. The number of hydrogen-bond donors (Lipinski definition) is 1. The Labute approximate surface area is 238 Å². The third-order valence-corrected chi connectivity index (χ3v) is 4.82. The molecule has 0 fully saturated rings. The van der Waals surface area contributed by atoms with Crippen LogP contribution in [0.4, 0.5) is 5.69 Å². The maximum atomic E-state index is 5.63. The second-order valence-electron chi connectivity index (χ2n) is 7.97. The van der Waals surface area contributed by atoms with Crippen molar-refractivity contribution in [1.82, 2.24) is 0 Å². The predicted octanol–water partition coefficient (Wildman–Crippen LogP) is 1.96. The molecule has 0 saturated carbocycles. The Morgan fingerprint density at radius 1 is 0.425 bits per heavy atom. The van der Waals surface area contributed by atoms with Crippen LogP contribution in [0.5, 0.6) is 5.75 Å². The molecule has 0 spiro atoms. The van der Waals surface area contributed by atoms with Crippen molar-refractivity contribution in [2.45, 2.75) is 0 Å². The molecular formula is C28H49NO11. The zero-order chi connectivity index (χ0) is 28.6. The van der Waals surface area contributed by atoms with Crippen LogP contribution in [0.1, 0.15) is 0 Å². The highest BCUT2D eigenvalue weighted by Gasteiger charge is 1.97. The van der Waals surface area contributed by atoms with E-state index in [2.05, 4.69) is 6.58 Å².